The molecule has 78 valence electrons. The third kappa shape index (κ3) is 3.17. The van der Waals surface area contributed by atoms with Gasteiger partial charge in [0.15, 0.2) is 0 Å². The van der Waals surface area contributed by atoms with Crippen molar-refractivity contribution in [3.8, 4) is 0 Å². The third-order valence-corrected chi connectivity index (χ3v) is 2.08. The molecule has 0 saturated heterocycles. The van der Waals surface area contributed by atoms with Crippen LogP contribution < -0.4 is 0 Å². The van der Waals surface area contributed by atoms with Gasteiger partial charge in [0.2, 0.25) is 0 Å². The molecule has 0 radical (unpaired) electrons. The van der Waals surface area contributed by atoms with E-state index < -0.39 is 0 Å². The molecule has 0 aliphatic rings. The van der Waals surface area contributed by atoms with Crippen LogP contribution in [0.25, 0.3) is 0 Å². The predicted molar refractivity (Wildman–Crippen MR) is 68.1 cm³/mol. The Balaban J connectivity index is 1.98. The Kier molecular flexibility index (Phi) is 3.61. The molecule has 0 saturated carbocycles. The molecule has 0 N–H and O–H groups in total. The maximum absolute atomic E-state index is 3.98. The average molecular weight is 208 g/mol. The second-order valence-corrected chi connectivity index (χ2v) is 3.31. The van der Waals surface area contributed by atoms with Gasteiger partial charge in [0.05, 0.1) is 12.4 Å². The first-order valence-corrected chi connectivity index (χ1v) is 5.12. The summed E-state index contributed by atoms with van der Waals surface area (Å²) in [4.78, 5) is 0. The molecule has 0 unspecified atom stereocenters. The van der Waals surface area contributed by atoms with Crippen LogP contribution in [0.5, 0.6) is 0 Å². The molecule has 0 aromatic heterocycles. The van der Waals surface area contributed by atoms with Crippen molar-refractivity contribution in [1.82, 2.24) is 0 Å². The summed E-state index contributed by atoms with van der Waals surface area (Å²) in [7, 11) is 0. The van der Waals surface area contributed by atoms with E-state index in [9.17, 15) is 0 Å². The second kappa shape index (κ2) is 5.61. The highest BCUT2D eigenvalue weighted by Crippen LogP contribution is 1.96. The zero-order valence-electron chi connectivity index (χ0n) is 8.82. The number of hydrogen-bond acceptors (Lipinski definition) is 2. The Morgan fingerprint density at radius 2 is 0.938 bits per heavy atom. The molecular weight excluding hydrogens is 196 g/mol. The number of benzene rings is 2. The van der Waals surface area contributed by atoms with Crippen LogP contribution in [0.4, 0.5) is 0 Å². The van der Waals surface area contributed by atoms with E-state index in [1.54, 1.807) is 12.4 Å². The standard InChI is InChI=1S/C14H12N2/c1-3-7-13(8-4-1)11-15-16-12-14-9-5-2-6-10-14/h1-12H/b15-11-,16-12?. The highest BCUT2D eigenvalue weighted by atomic mass is 15.2. The Hall–Kier alpha value is -2.22. The molecule has 0 bridgehead atoms. The molecule has 2 aromatic rings. The maximum atomic E-state index is 3.98. The van der Waals surface area contributed by atoms with Crippen LogP contribution in [0.2, 0.25) is 0 Å². The van der Waals surface area contributed by atoms with Crippen molar-refractivity contribution in [2.24, 2.45) is 10.2 Å². The van der Waals surface area contributed by atoms with Crippen LogP contribution in [-0.4, -0.2) is 12.4 Å². The fraction of sp³-hybridized carbons (Fsp3) is 0. The lowest BCUT2D eigenvalue weighted by Crippen LogP contribution is -1.79. The zero-order chi connectivity index (χ0) is 11.1. The summed E-state index contributed by atoms with van der Waals surface area (Å²) in [5.74, 6) is 0. The molecule has 2 rings (SSSR count). The van der Waals surface area contributed by atoms with E-state index in [-0.39, 0.29) is 0 Å². The fourth-order valence-corrected chi connectivity index (χ4v) is 1.28. The second-order valence-electron chi connectivity index (χ2n) is 3.31. The number of hydrogen-bond donors (Lipinski definition) is 0. The minimum absolute atomic E-state index is 1.05. The Bertz CT molecular complexity index is 425. The van der Waals surface area contributed by atoms with Gasteiger partial charge in [0.25, 0.3) is 0 Å². The first-order valence-electron chi connectivity index (χ1n) is 5.12. The lowest BCUT2D eigenvalue weighted by Gasteiger charge is -1.89. The molecule has 2 heteroatoms. The van der Waals surface area contributed by atoms with Crippen LogP contribution in [0.3, 0.4) is 0 Å². The smallest absolute Gasteiger partial charge is 0.0568 e. The molecule has 0 amide bonds. The Labute approximate surface area is 95.0 Å². The van der Waals surface area contributed by atoms with Gasteiger partial charge in [-0.3, -0.25) is 0 Å². The summed E-state index contributed by atoms with van der Waals surface area (Å²) in [6.07, 6.45) is 3.47. The first-order chi connectivity index (χ1) is 7.95. The van der Waals surface area contributed by atoms with E-state index in [0.717, 1.165) is 11.1 Å². The number of rotatable bonds is 3. The van der Waals surface area contributed by atoms with E-state index >= 15 is 0 Å². The molecule has 0 atom stereocenters. The van der Waals surface area contributed by atoms with Crippen molar-refractivity contribution in [2.75, 3.05) is 0 Å². The predicted octanol–water partition coefficient (Wildman–Crippen LogP) is 3.14. The van der Waals surface area contributed by atoms with Gasteiger partial charge in [0.1, 0.15) is 0 Å². The molecule has 16 heavy (non-hydrogen) atoms. The van der Waals surface area contributed by atoms with E-state index in [4.69, 9.17) is 0 Å². The van der Waals surface area contributed by atoms with Crippen molar-refractivity contribution in [3.05, 3.63) is 71.8 Å². The molecule has 0 fully saturated rings. The molecule has 2 nitrogen and oxygen atoms in total. The summed E-state index contributed by atoms with van der Waals surface area (Å²) in [6.45, 7) is 0. The maximum Gasteiger partial charge on any atom is 0.0568 e. The normalized spacial score (nSPS) is 11.2. The van der Waals surface area contributed by atoms with Crippen LogP contribution in [0.15, 0.2) is 70.9 Å². The quantitative estimate of drug-likeness (QED) is 0.547. The topological polar surface area (TPSA) is 24.7 Å². The van der Waals surface area contributed by atoms with Crippen molar-refractivity contribution in [1.29, 1.82) is 0 Å². The zero-order valence-corrected chi connectivity index (χ0v) is 8.82. The monoisotopic (exact) mass is 208 g/mol. The number of nitrogens with zero attached hydrogens (tertiary/aromatic N) is 2. The van der Waals surface area contributed by atoms with Gasteiger partial charge < -0.3 is 0 Å². The first kappa shape index (κ1) is 10.3. The largest absolute Gasteiger partial charge is 0.159 e. The van der Waals surface area contributed by atoms with Crippen LogP contribution >= 0.6 is 0 Å². The lowest BCUT2D eigenvalue weighted by atomic mass is 10.2. The van der Waals surface area contributed by atoms with Gasteiger partial charge in [-0.2, -0.15) is 10.2 Å². The van der Waals surface area contributed by atoms with Crippen molar-refractivity contribution in [2.45, 2.75) is 0 Å². The summed E-state index contributed by atoms with van der Waals surface area (Å²) < 4.78 is 0. The molecule has 0 aliphatic heterocycles. The van der Waals surface area contributed by atoms with E-state index in [1.807, 2.05) is 60.7 Å². The lowest BCUT2D eigenvalue weighted by molar-refractivity contribution is 1.26. The van der Waals surface area contributed by atoms with Crippen molar-refractivity contribution in [3.63, 3.8) is 0 Å². The molecular formula is C14H12N2. The van der Waals surface area contributed by atoms with E-state index in [0.29, 0.717) is 0 Å². The Morgan fingerprint density at radius 1 is 0.562 bits per heavy atom. The highest BCUT2D eigenvalue weighted by Gasteiger charge is 1.83. The van der Waals surface area contributed by atoms with E-state index in [1.165, 1.54) is 0 Å². The van der Waals surface area contributed by atoms with Gasteiger partial charge in [-0.15, -0.1) is 0 Å². The van der Waals surface area contributed by atoms with Gasteiger partial charge in [-0.05, 0) is 11.1 Å². The van der Waals surface area contributed by atoms with Gasteiger partial charge in [-0.1, -0.05) is 60.7 Å². The van der Waals surface area contributed by atoms with Gasteiger partial charge in [0, 0.05) is 0 Å². The average Bonchev–Trinajstić information content (AvgIpc) is 2.37. The van der Waals surface area contributed by atoms with Crippen LogP contribution in [-0.2, 0) is 0 Å². The van der Waals surface area contributed by atoms with Crippen molar-refractivity contribution < 1.29 is 0 Å². The summed E-state index contributed by atoms with van der Waals surface area (Å²) >= 11 is 0. The minimum Gasteiger partial charge on any atom is -0.159 e. The van der Waals surface area contributed by atoms with Crippen molar-refractivity contribution >= 4 is 12.4 Å². The fourth-order valence-electron chi connectivity index (χ4n) is 1.28. The SMILES string of the molecule is C(=N/N=C\c1ccccc1)c1ccccc1. The summed E-state index contributed by atoms with van der Waals surface area (Å²) in [6, 6.07) is 19.8. The van der Waals surface area contributed by atoms with E-state index in [2.05, 4.69) is 10.2 Å². The summed E-state index contributed by atoms with van der Waals surface area (Å²) in [5, 5.41) is 7.96. The van der Waals surface area contributed by atoms with Gasteiger partial charge in [-0.25, -0.2) is 0 Å². The van der Waals surface area contributed by atoms with Gasteiger partial charge >= 0.3 is 0 Å². The molecule has 2 aromatic carbocycles. The third-order valence-electron chi connectivity index (χ3n) is 2.08. The highest BCUT2D eigenvalue weighted by molar-refractivity contribution is 5.82. The van der Waals surface area contributed by atoms with Crippen LogP contribution in [0.1, 0.15) is 11.1 Å². The summed E-state index contributed by atoms with van der Waals surface area (Å²) in [5.41, 5.74) is 2.10. The minimum atomic E-state index is 1.05. The molecule has 0 aliphatic carbocycles. The Morgan fingerprint density at radius 3 is 1.31 bits per heavy atom. The molecule has 0 spiro atoms. The molecule has 0 heterocycles. The van der Waals surface area contributed by atoms with Crippen LogP contribution in [0, 0.1) is 0 Å².